The van der Waals surface area contributed by atoms with Crippen molar-refractivity contribution in [1.29, 1.82) is 0 Å². The van der Waals surface area contributed by atoms with Crippen molar-refractivity contribution in [2.75, 3.05) is 0 Å². The summed E-state index contributed by atoms with van der Waals surface area (Å²) in [6.45, 7) is 0.00130. The minimum absolute atomic E-state index is 0.00130. The molecule has 20 heavy (non-hydrogen) atoms. The van der Waals surface area contributed by atoms with Crippen LogP contribution in [0, 0.1) is 5.82 Å². The van der Waals surface area contributed by atoms with E-state index in [2.05, 4.69) is 0 Å². The monoisotopic (exact) mass is 304 g/mol. The van der Waals surface area contributed by atoms with Gasteiger partial charge in [0.2, 0.25) is 0 Å². The van der Waals surface area contributed by atoms with E-state index in [1.165, 1.54) is 24.3 Å². The molecular formula is C14H9ClF4O. The fraction of sp³-hybridized carbons (Fsp3) is 0.143. The predicted octanol–water partition coefficient (Wildman–Crippen LogP) is 5.08. The van der Waals surface area contributed by atoms with Gasteiger partial charge in [-0.3, -0.25) is 0 Å². The van der Waals surface area contributed by atoms with Gasteiger partial charge in [-0.1, -0.05) is 23.7 Å². The van der Waals surface area contributed by atoms with Gasteiger partial charge in [-0.05, 0) is 35.9 Å². The Morgan fingerprint density at radius 1 is 1.00 bits per heavy atom. The Morgan fingerprint density at radius 2 is 1.65 bits per heavy atom. The molecule has 0 heterocycles. The highest BCUT2D eigenvalue weighted by atomic mass is 35.5. The lowest BCUT2D eigenvalue weighted by molar-refractivity contribution is -0.137. The van der Waals surface area contributed by atoms with E-state index in [-0.39, 0.29) is 17.4 Å². The second kappa shape index (κ2) is 5.71. The van der Waals surface area contributed by atoms with Crippen molar-refractivity contribution in [2.45, 2.75) is 12.8 Å². The summed E-state index contributed by atoms with van der Waals surface area (Å²) in [7, 11) is 0. The number of halogens is 5. The molecule has 2 rings (SSSR count). The lowest BCUT2D eigenvalue weighted by atomic mass is 10.2. The number of benzene rings is 2. The van der Waals surface area contributed by atoms with Gasteiger partial charge in [0.05, 0.1) is 10.6 Å². The van der Waals surface area contributed by atoms with Gasteiger partial charge in [-0.2, -0.15) is 13.2 Å². The second-order valence-corrected chi connectivity index (χ2v) is 4.47. The summed E-state index contributed by atoms with van der Waals surface area (Å²) in [5, 5.41) is 0.0834. The van der Waals surface area contributed by atoms with Gasteiger partial charge in [0.15, 0.2) is 0 Å². The van der Waals surface area contributed by atoms with Crippen molar-refractivity contribution in [2.24, 2.45) is 0 Å². The van der Waals surface area contributed by atoms with Gasteiger partial charge in [0, 0.05) is 0 Å². The molecule has 1 nitrogen and oxygen atoms in total. The number of hydrogen-bond donors (Lipinski definition) is 0. The molecule has 0 spiro atoms. The largest absolute Gasteiger partial charge is 0.487 e. The molecule has 2 aromatic carbocycles. The van der Waals surface area contributed by atoms with E-state index in [0.717, 1.165) is 18.2 Å². The van der Waals surface area contributed by atoms with Gasteiger partial charge < -0.3 is 4.74 Å². The highest BCUT2D eigenvalue weighted by Crippen LogP contribution is 2.35. The third kappa shape index (κ3) is 3.63. The van der Waals surface area contributed by atoms with E-state index in [4.69, 9.17) is 16.3 Å². The zero-order valence-corrected chi connectivity index (χ0v) is 10.8. The standard InChI is InChI=1S/C14H9ClF4O/c15-12-6-3-10(14(17,18)19)7-13(12)20-8-9-1-4-11(16)5-2-9/h1-7H,8H2. The van der Waals surface area contributed by atoms with E-state index in [9.17, 15) is 17.6 Å². The molecular weight excluding hydrogens is 296 g/mol. The Hall–Kier alpha value is -1.75. The Bertz CT molecular complexity index is 593. The molecule has 0 saturated heterocycles. The summed E-state index contributed by atoms with van der Waals surface area (Å²) < 4.78 is 55.7. The average Bonchev–Trinajstić information content (AvgIpc) is 2.38. The van der Waals surface area contributed by atoms with Crippen molar-refractivity contribution in [3.63, 3.8) is 0 Å². The van der Waals surface area contributed by atoms with Crippen molar-refractivity contribution in [3.05, 3.63) is 64.4 Å². The Balaban J connectivity index is 2.14. The molecule has 0 aliphatic rings. The van der Waals surface area contributed by atoms with E-state index >= 15 is 0 Å². The summed E-state index contributed by atoms with van der Waals surface area (Å²) in [4.78, 5) is 0. The molecule has 0 bridgehead atoms. The summed E-state index contributed by atoms with van der Waals surface area (Å²) >= 11 is 5.79. The van der Waals surface area contributed by atoms with Crippen LogP contribution in [0.3, 0.4) is 0 Å². The van der Waals surface area contributed by atoms with Crippen molar-refractivity contribution in [1.82, 2.24) is 0 Å². The fourth-order valence-electron chi connectivity index (χ4n) is 1.53. The van der Waals surface area contributed by atoms with Crippen molar-refractivity contribution >= 4 is 11.6 Å². The summed E-state index contributed by atoms with van der Waals surface area (Å²) in [5.41, 5.74) is -0.212. The van der Waals surface area contributed by atoms with Gasteiger partial charge in [0.25, 0.3) is 0 Å². The third-order valence-corrected chi connectivity index (χ3v) is 2.88. The molecule has 2 aromatic rings. The number of alkyl halides is 3. The van der Waals surface area contributed by atoms with Crippen LogP contribution in [0.25, 0.3) is 0 Å². The molecule has 0 unspecified atom stereocenters. The Kier molecular flexibility index (Phi) is 4.18. The molecule has 0 aliphatic carbocycles. The predicted molar refractivity (Wildman–Crippen MR) is 67.2 cm³/mol. The van der Waals surface area contributed by atoms with Crippen molar-refractivity contribution < 1.29 is 22.3 Å². The Morgan fingerprint density at radius 3 is 2.25 bits per heavy atom. The molecule has 0 radical (unpaired) electrons. The average molecular weight is 305 g/mol. The normalized spacial score (nSPS) is 11.4. The molecule has 0 aliphatic heterocycles. The van der Waals surface area contributed by atoms with E-state index in [0.29, 0.717) is 5.56 Å². The van der Waals surface area contributed by atoms with Crippen LogP contribution in [0.4, 0.5) is 17.6 Å². The van der Waals surface area contributed by atoms with Crippen LogP contribution in [-0.2, 0) is 12.8 Å². The topological polar surface area (TPSA) is 9.23 Å². The molecule has 0 saturated carbocycles. The highest BCUT2D eigenvalue weighted by molar-refractivity contribution is 6.32. The molecule has 106 valence electrons. The Labute approximate surface area is 117 Å². The quantitative estimate of drug-likeness (QED) is 0.719. The van der Waals surface area contributed by atoms with Crippen LogP contribution < -0.4 is 4.74 Å². The first-order valence-electron chi connectivity index (χ1n) is 5.60. The zero-order valence-electron chi connectivity index (χ0n) is 10.0. The SMILES string of the molecule is Fc1ccc(COc2cc(C(F)(F)F)ccc2Cl)cc1. The second-order valence-electron chi connectivity index (χ2n) is 4.06. The number of rotatable bonds is 3. The molecule has 6 heteroatoms. The van der Waals surface area contributed by atoms with Crippen LogP contribution in [0.1, 0.15) is 11.1 Å². The van der Waals surface area contributed by atoms with Crippen LogP contribution in [0.2, 0.25) is 5.02 Å². The maximum Gasteiger partial charge on any atom is 0.416 e. The van der Waals surface area contributed by atoms with Crippen LogP contribution >= 0.6 is 11.6 Å². The third-order valence-electron chi connectivity index (χ3n) is 2.57. The summed E-state index contributed by atoms with van der Waals surface area (Å²) in [5.74, 6) is -0.461. The van der Waals surface area contributed by atoms with Gasteiger partial charge >= 0.3 is 6.18 Å². The molecule has 0 N–H and O–H groups in total. The van der Waals surface area contributed by atoms with Crippen molar-refractivity contribution in [3.8, 4) is 5.75 Å². The van der Waals surface area contributed by atoms with E-state index in [1.807, 2.05) is 0 Å². The molecule has 0 amide bonds. The number of hydrogen-bond acceptors (Lipinski definition) is 1. The maximum atomic E-state index is 12.7. The summed E-state index contributed by atoms with van der Waals surface area (Å²) in [6, 6.07) is 8.30. The smallest absolute Gasteiger partial charge is 0.416 e. The van der Waals surface area contributed by atoms with Gasteiger partial charge in [-0.25, -0.2) is 4.39 Å². The summed E-state index contributed by atoms with van der Waals surface area (Å²) in [6.07, 6.45) is -4.46. The molecule has 0 fully saturated rings. The first-order valence-corrected chi connectivity index (χ1v) is 5.98. The minimum atomic E-state index is -4.46. The fourth-order valence-corrected chi connectivity index (χ4v) is 1.70. The molecule has 0 aromatic heterocycles. The lowest BCUT2D eigenvalue weighted by Crippen LogP contribution is -2.05. The minimum Gasteiger partial charge on any atom is -0.487 e. The zero-order chi connectivity index (χ0) is 14.8. The lowest BCUT2D eigenvalue weighted by Gasteiger charge is -2.12. The molecule has 0 atom stereocenters. The first kappa shape index (κ1) is 14.7. The first-order chi connectivity index (χ1) is 9.36. The van der Waals surface area contributed by atoms with Gasteiger partial charge in [-0.15, -0.1) is 0 Å². The van der Waals surface area contributed by atoms with Crippen LogP contribution in [0.5, 0.6) is 5.75 Å². The highest BCUT2D eigenvalue weighted by Gasteiger charge is 2.31. The number of ether oxygens (including phenoxy) is 1. The van der Waals surface area contributed by atoms with Crippen LogP contribution in [0.15, 0.2) is 42.5 Å². The van der Waals surface area contributed by atoms with E-state index in [1.54, 1.807) is 0 Å². The van der Waals surface area contributed by atoms with Gasteiger partial charge in [0.1, 0.15) is 18.2 Å². The van der Waals surface area contributed by atoms with Crippen LogP contribution in [-0.4, -0.2) is 0 Å². The maximum absolute atomic E-state index is 12.7. The van der Waals surface area contributed by atoms with E-state index < -0.39 is 17.6 Å².